The Morgan fingerprint density at radius 1 is 1.29 bits per heavy atom. The Labute approximate surface area is 98.7 Å². The van der Waals surface area contributed by atoms with Crippen LogP contribution in [-0.2, 0) is 0 Å². The van der Waals surface area contributed by atoms with Crippen molar-refractivity contribution in [3.8, 4) is 17.2 Å². The number of hydrogen-bond acceptors (Lipinski definition) is 3. The predicted molar refractivity (Wildman–Crippen MR) is 65.0 cm³/mol. The summed E-state index contributed by atoms with van der Waals surface area (Å²) in [5, 5.41) is 9.45. The number of hydrogen-bond donors (Lipinski definition) is 1. The number of benzene rings is 1. The molecule has 0 fully saturated rings. The summed E-state index contributed by atoms with van der Waals surface area (Å²) >= 11 is 0. The smallest absolute Gasteiger partial charge is 0.223 e. The minimum atomic E-state index is -0.373. The first kappa shape index (κ1) is 11.3. The molecule has 0 unspecified atom stereocenters. The van der Waals surface area contributed by atoms with Gasteiger partial charge < -0.3 is 14.4 Å². The summed E-state index contributed by atoms with van der Waals surface area (Å²) < 4.78 is 6.87. The number of rotatable bonds is 2. The fourth-order valence-electron chi connectivity index (χ4n) is 1.66. The molecule has 1 aromatic carbocycles. The molecular formula is C13H13NO3. The Morgan fingerprint density at radius 2 is 2.06 bits per heavy atom. The first-order chi connectivity index (χ1) is 8.11. The Hall–Kier alpha value is -2.23. The van der Waals surface area contributed by atoms with E-state index in [1.165, 1.54) is 12.3 Å². The van der Waals surface area contributed by atoms with Crippen molar-refractivity contribution < 1.29 is 9.84 Å². The van der Waals surface area contributed by atoms with Gasteiger partial charge in [-0.05, 0) is 19.1 Å². The fourth-order valence-corrected chi connectivity index (χ4v) is 1.66. The third kappa shape index (κ3) is 2.15. The van der Waals surface area contributed by atoms with Crippen molar-refractivity contribution in [2.24, 2.45) is 0 Å². The zero-order valence-electron chi connectivity index (χ0n) is 9.68. The fraction of sp³-hybridized carbons (Fsp3) is 0.154. The number of pyridine rings is 1. The van der Waals surface area contributed by atoms with Gasteiger partial charge in [0, 0.05) is 23.5 Å². The zero-order chi connectivity index (χ0) is 12.4. The second-order valence-corrected chi connectivity index (χ2v) is 3.74. The summed E-state index contributed by atoms with van der Waals surface area (Å²) in [6.07, 6.45) is 1.41. The molecular weight excluding hydrogens is 218 g/mol. The molecule has 0 amide bonds. The van der Waals surface area contributed by atoms with Gasteiger partial charge in [0.05, 0.1) is 13.3 Å². The average Bonchev–Trinajstić information content (AvgIpc) is 2.34. The molecule has 1 N–H and O–H groups in total. The Bertz CT molecular complexity index is 602. The highest BCUT2D eigenvalue weighted by atomic mass is 16.5. The van der Waals surface area contributed by atoms with Crippen LogP contribution in [0.25, 0.3) is 5.69 Å². The van der Waals surface area contributed by atoms with Gasteiger partial charge in [0.1, 0.15) is 5.75 Å². The molecule has 0 saturated carbocycles. The third-order valence-corrected chi connectivity index (χ3v) is 2.56. The number of aryl methyl sites for hydroxylation is 1. The summed E-state index contributed by atoms with van der Waals surface area (Å²) in [7, 11) is 1.59. The molecule has 0 aliphatic heterocycles. The highest BCUT2D eigenvalue weighted by Gasteiger charge is 2.04. The van der Waals surface area contributed by atoms with Crippen LogP contribution in [0, 0.1) is 6.92 Å². The second kappa shape index (κ2) is 4.33. The van der Waals surface area contributed by atoms with E-state index in [4.69, 9.17) is 4.74 Å². The largest absolute Gasteiger partial charge is 0.503 e. The van der Waals surface area contributed by atoms with Gasteiger partial charge in [0.2, 0.25) is 5.43 Å². The molecule has 2 rings (SSSR count). The topological polar surface area (TPSA) is 51.5 Å². The second-order valence-electron chi connectivity index (χ2n) is 3.74. The minimum Gasteiger partial charge on any atom is -0.503 e. The lowest BCUT2D eigenvalue weighted by Gasteiger charge is -2.11. The lowest BCUT2D eigenvalue weighted by Crippen LogP contribution is -2.08. The van der Waals surface area contributed by atoms with Crippen molar-refractivity contribution in [3.63, 3.8) is 0 Å². The standard InChI is InChI=1S/C13H13NO3/c1-9-6-12(15)13(16)8-14(9)10-4-3-5-11(7-10)17-2/h3-8,16H,1-2H3. The van der Waals surface area contributed by atoms with Gasteiger partial charge in [-0.2, -0.15) is 0 Å². The quantitative estimate of drug-likeness (QED) is 0.858. The van der Waals surface area contributed by atoms with E-state index in [1.54, 1.807) is 18.6 Å². The van der Waals surface area contributed by atoms with Gasteiger partial charge in [-0.1, -0.05) is 6.07 Å². The predicted octanol–water partition coefficient (Wildman–Crippen LogP) is 1.86. The van der Waals surface area contributed by atoms with Gasteiger partial charge in [-0.25, -0.2) is 0 Å². The van der Waals surface area contributed by atoms with Crippen LogP contribution in [-0.4, -0.2) is 16.8 Å². The van der Waals surface area contributed by atoms with E-state index in [9.17, 15) is 9.90 Å². The molecule has 0 radical (unpaired) electrons. The highest BCUT2D eigenvalue weighted by molar-refractivity contribution is 5.41. The van der Waals surface area contributed by atoms with Crippen LogP contribution in [0.2, 0.25) is 0 Å². The van der Waals surface area contributed by atoms with Crippen LogP contribution in [0.15, 0.2) is 41.3 Å². The van der Waals surface area contributed by atoms with Crippen molar-refractivity contribution in [2.45, 2.75) is 6.92 Å². The van der Waals surface area contributed by atoms with Gasteiger partial charge in [0.15, 0.2) is 5.75 Å². The van der Waals surface area contributed by atoms with Crippen LogP contribution in [0.4, 0.5) is 0 Å². The van der Waals surface area contributed by atoms with Gasteiger partial charge in [-0.15, -0.1) is 0 Å². The number of methoxy groups -OCH3 is 1. The maximum Gasteiger partial charge on any atom is 0.223 e. The highest BCUT2D eigenvalue weighted by Crippen LogP contribution is 2.18. The molecule has 0 bridgehead atoms. The van der Waals surface area contributed by atoms with Crippen LogP contribution < -0.4 is 10.2 Å². The van der Waals surface area contributed by atoms with Crippen LogP contribution in [0.3, 0.4) is 0 Å². The Balaban J connectivity index is 2.59. The van der Waals surface area contributed by atoms with E-state index >= 15 is 0 Å². The molecule has 1 heterocycles. The molecule has 4 nitrogen and oxygen atoms in total. The minimum absolute atomic E-state index is 0.265. The summed E-state index contributed by atoms with van der Waals surface area (Å²) in [6, 6.07) is 8.79. The maximum atomic E-state index is 11.3. The van der Waals surface area contributed by atoms with Crippen molar-refractivity contribution in [1.82, 2.24) is 4.57 Å². The summed E-state index contributed by atoms with van der Waals surface area (Å²) in [5.74, 6) is 0.457. The van der Waals surface area contributed by atoms with E-state index < -0.39 is 0 Å². The average molecular weight is 231 g/mol. The van der Waals surface area contributed by atoms with Crippen molar-refractivity contribution in [3.05, 3.63) is 52.4 Å². The normalized spacial score (nSPS) is 10.2. The lowest BCUT2D eigenvalue weighted by molar-refractivity contribution is 0.414. The summed E-state index contributed by atoms with van der Waals surface area (Å²) in [6.45, 7) is 1.81. The van der Waals surface area contributed by atoms with Crippen molar-refractivity contribution in [1.29, 1.82) is 0 Å². The van der Waals surface area contributed by atoms with Gasteiger partial charge in [-0.3, -0.25) is 4.79 Å². The van der Waals surface area contributed by atoms with Crippen molar-refractivity contribution >= 4 is 0 Å². The number of aromatic hydroxyl groups is 1. The molecule has 2 aromatic rings. The SMILES string of the molecule is COc1cccc(-n2cc(O)c(=O)cc2C)c1. The lowest BCUT2D eigenvalue weighted by atomic mass is 10.2. The van der Waals surface area contributed by atoms with Gasteiger partial charge >= 0.3 is 0 Å². The summed E-state index contributed by atoms with van der Waals surface area (Å²) in [4.78, 5) is 11.3. The van der Waals surface area contributed by atoms with Gasteiger partial charge in [0.25, 0.3) is 0 Å². The summed E-state index contributed by atoms with van der Waals surface area (Å²) in [5.41, 5.74) is 1.21. The molecule has 17 heavy (non-hydrogen) atoms. The molecule has 1 aromatic heterocycles. The van der Waals surface area contributed by atoms with Crippen LogP contribution >= 0.6 is 0 Å². The van der Waals surface area contributed by atoms with E-state index in [-0.39, 0.29) is 11.2 Å². The van der Waals surface area contributed by atoms with Crippen LogP contribution in [0.5, 0.6) is 11.5 Å². The van der Waals surface area contributed by atoms with Crippen molar-refractivity contribution in [2.75, 3.05) is 7.11 Å². The number of aromatic nitrogens is 1. The van der Waals surface area contributed by atoms with Crippen LogP contribution in [0.1, 0.15) is 5.69 Å². The molecule has 0 aliphatic rings. The van der Waals surface area contributed by atoms with E-state index in [0.717, 1.165) is 17.1 Å². The molecule has 0 saturated heterocycles. The monoisotopic (exact) mass is 231 g/mol. The zero-order valence-corrected chi connectivity index (χ0v) is 9.68. The van der Waals surface area contributed by atoms with E-state index in [0.29, 0.717) is 0 Å². The molecule has 0 spiro atoms. The molecule has 4 heteroatoms. The molecule has 0 atom stereocenters. The molecule has 88 valence electrons. The van der Waals surface area contributed by atoms with E-state index in [2.05, 4.69) is 0 Å². The third-order valence-electron chi connectivity index (χ3n) is 2.56. The Morgan fingerprint density at radius 3 is 2.76 bits per heavy atom. The first-order valence-electron chi connectivity index (χ1n) is 5.18. The first-order valence-corrected chi connectivity index (χ1v) is 5.18. The molecule has 0 aliphatic carbocycles. The number of ether oxygens (including phenoxy) is 1. The van der Waals surface area contributed by atoms with E-state index in [1.807, 2.05) is 24.3 Å². The Kier molecular flexibility index (Phi) is 2.87. The number of nitrogens with zero attached hydrogens (tertiary/aromatic N) is 1. The maximum absolute atomic E-state index is 11.3.